The molecule has 0 bridgehead atoms. The summed E-state index contributed by atoms with van der Waals surface area (Å²) in [4.78, 5) is 0. The van der Waals surface area contributed by atoms with Crippen molar-refractivity contribution in [3.63, 3.8) is 0 Å². The molecule has 2 aliphatic carbocycles. The van der Waals surface area contributed by atoms with Gasteiger partial charge in [-0.2, -0.15) is 0 Å². The van der Waals surface area contributed by atoms with Crippen LogP contribution in [0.1, 0.15) is 77.6 Å². The molecule has 2 rings (SSSR count). The number of hydrogen-bond donors (Lipinski definition) is 0. The molecular weight excluding hydrogens is 180 g/mol. The first-order valence-corrected chi connectivity index (χ1v) is 7.40. The quantitative estimate of drug-likeness (QED) is 0.482. The van der Waals surface area contributed by atoms with Crippen molar-refractivity contribution >= 4 is 0 Å². The molecule has 0 saturated heterocycles. The van der Waals surface area contributed by atoms with Crippen LogP contribution in [-0.2, 0) is 0 Å². The molecule has 0 spiro atoms. The van der Waals surface area contributed by atoms with Gasteiger partial charge in [0.15, 0.2) is 0 Å². The van der Waals surface area contributed by atoms with Gasteiger partial charge in [-0.05, 0) is 17.8 Å². The largest absolute Gasteiger partial charge is 0.0651 e. The van der Waals surface area contributed by atoms with Gasteiger partial charge in [0.25, 0.3) is 0 Å². The molecule has 2 aliphatic rings. The molecule has 0 aliphatic heterocycles. The van der Waals surface area contributed by atoms with Crippen LogP contribution in [0.5, 0.6) is 0 Å². The summed E-state index contributed by atoms with van der Waals surface area (Å²) < 4.78 is 0. The minimum atomic E-state index is 1.08. The highest BCUT2D eigenvalue weighted by Gasteiger charge is 2.25. The van der Waals surface area contributed by atoms with Gasteiger partial charge in [-0.3, -0.25) is 0 Å². The van der Waals surface area contributed by atoms with Crippen molar-refractivity contribution in [1.82, 2.24) is 0 Å². The van der Waals surface area contributed by atoms with E-state index in [4.69, 9.17) is 0 Å². The zero-order valence-corrected chi connectivity index (χ0v) is 10.5. The van der Waals surface area contributed by atoms with Gasteiger partial charge in [0, 0.05) is 0 Å². The second kappa shape index (κ2) is 5.92. The van der Waals surface area contributed by atoms with Crippen molar-refractivity contribution < 1.29 is 0 Å². The first-order chi connectivity index (χ1) is 7.40. The predicted molar refractivity (Wildman–Crippen MR) is 66.9 cm³/mol. The molecule has 2 saturated carbocycles. The Hall–Kier alpha value is 0. The summed E-state index contributed by atoms with van der Waals surface area (Å²) in [6, 6.07) is 0. The first kappa shape index (κ1) is 11.5. The molecule has 0 heterocycles. The summed E-state index contributed by atoms with van der Waals surface area (Å²) in [5.74, 6) is 3.36. The zero-order valence-electron chi connectivity index (χ0n) is 10.5. The van der Waals surface area contributed by atoms with Crippen molar-refractivity contribution in [1.29, 1.82) is 0 Å². The summed E-state index contributed by atoms with van der Waals surface area (Å²) in [6.45, 7) is 2.40. The van der Waals surface area contributed by atoms with Crippen molar-refractivity contribution in [3.05, 3.63) is 0 Å². The van der Waals surface area contributed by atoms with E-state index in [9.17, 15) is 0 Å². The van der Waals surface area contributed by atoms with Crippen molar-refractivity contribution in [3.8, 4) is 0 Å². The van der Waals surface area contributed by atoms with Crippen LogP contribution < -0.4 is 0 Å². The fourth-order valence-electron chi connectivity index (χ4n) is 3.11. The third-order valence-corrected chi connectivity index (χ3v) is 4.73. The van der Waals surface area contributed by atoms with E-state index in [0.29, 0.717) is 0 Å². The highest BCUT2D eigenvalue weighted by molar-refractivity contribution is 4.77. The Morgan fingerprint density at radius 1 is 1.00 bits per heavy atom. The Labute approximate surface area is 95.8 Å². The molecule has 0 aromatic heterocycles. The van der Waals surface area contributed by atoms with E-state index in [1.54, 1.807) is 32.1 Å². The topological polar surface area (TPSA) is 0 Å². The van der Waals surface area contributed by atoms with Gasteiger partial charge in [-0.25, -0.2) is 0 Å². The lowest BCUT2D eigenvalue weighted by atomic mass is 9.73. The van der Waals surface area contributed by atoms with E-state index in [-0.39, 0.29) is 0 Å². The normalized spacial score (nSPS) is 23.8. The van der Waals surface area contributed by atoms with Crippen LogP contribution in [0.25, 0.3) is 0 Å². The van der Waals surface area contributed by atoms with Crippen LogP contribution in [0.4, 0.5) is 0 Å². The molecule has 0 aromatic carbocycles. The maximum atomic E-state index is 2.40. The second-order valence-electron chi connectivity index (χ2n) is 5.94. The summed E-state index contributed by atoms with van der Waals surface area (Å²) in [5, 5.41) is 0. The third-order valence-electron chi connectivity index (χ3n) is 4.73. The van der Waals surface area contributed by atoms with Gasteiger partial charge in [0.05, 0.1) is 0 Å². The Bertz CT molecular complexity index is 165. The molecule has 0 heteroatoms. The lowest BCUT2D eigenvalue weighted by molar-refractivity contribution is 0.186. The van der Waals surface area contributed by atoms with E-state index in [1.165, 1.54) is 38.5 Å². The number of hydrogen-bond acceptors (Lipinski definition) is 0. The van der Waals surface area contributed by atoms with Gasteiger partial charge in [-0.1, -0.05) is 77.6 Å². The lowest BCUT2D eigenvalue weighted by Gasteiger charge is -2.33. The van der Waals surface area contributed by atoms with Crippen LogP contribution in [0.2, 0.25) is 0 Å². The van der Waals surface area contributed by atoms with Crippen molar-refractivity contribution in [2.75, 3.05) is 0 Å². The van der Waals surface area contributed by atoms with Crippen molar-refractivity contribution in [2.24, 2.45) is 17.8 Å². The average Bonchev–Trinajstić information content (AvgIpc) is 2.96. The highest BCUT2D eigenvalue weighted by atomic mass is 14.3. The number of rotatable bonds is 8. The van der Waals surface area contributed by atoms with Crippen LogP contribution >= 0.6 is 0 Å². The van der Waals surface area contributed by atoms with Gasteiger partial charge >= 0.3 is 0 Å². The molecule has 2 fully saturated rings. The molecule has 15 heavy (non-hydrogen) atoms. The van der Waals surface area contributed by atoms with Gasteiger partial charge < -0.3 is 0 Å². The minimum Gasteiger partial charge on any atom is -0.0651 e. The smallest absolute Gasteiger partial charge is 0.0386 e. The summed E-state index contributed by atoms with van der Waals surface area (Å²) in [7, 11) is 0. The third kappa shape index (κ3) is 3.81. The Morgan fingerprint density at radius 2 is 1.80 bits per heavy atom. The Kier molecular flexibility index (Phi) is 4.53. The molecule has 88 valence electrons. The van der Waals surface area contributed by atoms with Crippen LogP contribution in [0.3, 0.4) is 0 Å². The SMILES string of the molecule is CCC(CCCCCC1CC1)C1CCC1. The van der Waals surface area contributed by atoms with Crippen LogP contribution in [0.15, 0.2) is 0 Å². The van der Waals surface area contributed by atoms with E-state index in [2.05, 4.69) is 6.92 Å². The average molecular weight is 208 g/mol. The maximum absolute atomic E-state index is 2.40. The highest BCUT2D eigenvalue weighted by Crippen LogP contribution is 2.38. The van der Waals surface area contributed by atoms with E-state index >= 15 is 0 Å². The fraction of sp³-hybridized carbons (Fsp3) is 1.00. The Morgan fingerprint density at radius 3 is 2.33 bits per heavy atom. The molecule has 0 radical (unpaired) electrons. The Balaban J connectivity index is 1.46. The van der Waals surface area contributed by atoms with Gasteiger partial charge in [0.2, 0.25) is 0 Å². The standard InChI is InChI=1S/C15H28/c1-2-14(15-9-6-10-15)8-5-3-4-7-13-11-12-13/h13-15H,2-12H2,1H3. The monoisotopic (exact) mass is 208 g/mol. The summed E-state index contributed by atoms with van der Waals surface area (Å²) in [5.41, 5.74) is 0. The molecule has 0 aromatic rings. The van der Waals surface area contributed by atoms with Crippen LogP contribution in [0, 0.1) is 17.8 Å². The maximum Gasteiger partial charge on any atom is -0.0386 e. The van der Waals surface area contributed by atoms with Crippen LogP contribution in [-0.4, -0.2) is 0 Å². The lowest BCUT2D eigenvalue weighted by Crippen LogP contribution is -2.21. The minimum absolute atomic E-state index is 1.08. The molecule has 0 N–H and O–H groups in total. The second-order valence-corrected chi connectivity index (χ2v) is 5.94. The molecule has 1 atom stereocenters. The van der Waals surface area contributed by atoms with E-state index in [1.807, 2.05) is 0 Å². The van der Waals surface area contributed by atoms with Gasteiger partial charge in [0.1, 0.15) is 0 Å². The van der Waals surface area contributed by atoms with Crippen molar-refractivity contribution in [2.45, 2.75) is 77.6 Å². The summed E-state index contributed by atoms with van der Waals surface area (Å²) in [6.07, 6.45) is 16.7. The van der Waals surface area contributed by atoms with Gasteiger partial charge in [-0.15, -0.1) is 0 Å². The zero-order chi connectivity index (χ0) is 10.5. The summed E-state index contributed by atoms with van der Waals surface area (Å²) >= 11 is 0. The first-order valence-electron chi connectivity index (χ1n) is 7.40. The molecular formula is C15H28. The van der Waals surface area contributed by atoms with E-state index in [0.717, 1.165) is 17.8 Å². The molecule has 1 unspecified atom stereocenters. The molecule has 0 amide bonds. The van der Waals surface area contributed by atoms with E-state index < -0.39 is 0 Å². The fourth-order valence-corrected chi connectivity index (χ4v) is 3.11. The number of unbranched alkanes of at least 4 members (excludes halogenated alkanes) is 2. The molecule has 0 nitrogen and oxygen atoms in total. The predicted octanol–water partition coefficient (Wildman–Crippen LogP) is 5.17.